The van der Waals surface area contributed by atoms with Gasteiger partial charge in [0.15, 0.2) is 0 Å². The van der Waals surface area contributed by atoms with Crippen LogP contribution in [0.4, 0.5) is 0 Å². The lowest BCUT2D eigenvalue weighted by molar-refractivity contribution is -0.156. The van der Waals surface area contributed by atoms with E-state index in [2.05, 4.69) is 11.8 Å². The molecule has 20 heavy (non-hydrogen) atoms. The molecule has 1 fully saturated rings. The van der Waals surface area contributed by atoms with Crippen molar-refractivity contribution in [1.29, 1.82) is 0 Å². The van der Waals surface area contributed by atoms with Crippen LogP contribution < -0.4 is 0 Å². The molecule has 4 heteroatoms. The minimum Gasteiger partial charge on any atom is -0.460 e. The number of hydrogen-bond acceptors (Lipinski definition) is 4. The van der Waals surface area contributed by atoms with Crippen LogP contribution in [0.5, 0.6) is 0 Å². The van der Waals surface area contributed by atoms with Gasteiger partial charge in [-0.2, -0.15) is 0 Å². The molecule has 0 bridgehead atoms. The van der Waals surface area contributed by atoms with Gasteiger partial charge >= 0.3 is 5.97 Å². The summed E-state index contributed by atoms with van der Waals surface area (Å²) in [5.74, 6) is -0.178. The highest BCUT2D eigenvalue weighted by Gasteiger charge is 2.21. The highest BCUT2D eigenvalue weighted by molar-refractivity contribution is 5.69. The number of ether oxygens (including phenoxy) is 2. The number of hydrogen-bond donors (Lipinski definition) is 0. The Morgan fingerprint density at radius 2 is 2.05 bits per heavy atom. The molecule has 0 aliphatic carbocycles. The number of carbonyl (C=O) groups excluding carboxylic acids is 1. The lowest BCUT2D eigenvalue weighted by Gasteiger charge is -2.23. The highest BCUT2D eigenvalue weighted by Crippen LogP contribution is 2.19. The molecule has 1 aliphatic heterocycles. The van der Waals surface area contributed by atoms with Crippen molar-refractivity contribution < 1.29 is 14.3 Å². The molecular weight excluding hydrogens is 254 g/mol. The van der Waals surface area contributed by atoms with E-state index < -0.39 is 5.60 Å². The minimum absolute atomic E-state index is 0.178. The van der Waals surface area contributed by atoms with E-state index in [0.717, 1.165) is 25.6 Å². The Morgan fingerprint density at radius 1 is 1.30 bits per heavy atom. The predicted octanol–water partition coefficient (Wildman–Crippen LogP) is 3.00. The molecule has 0 aromatic heterocycles. The first-order valence-electron chi connectivity index (χ1n) is 7.96. The van der Waals surface area contributed by atoms with Crippen LogP contribution in [0.25, 0.3) is 0 Å². The molecular formula is C16H31NO3. The quantitative estimate of drug-likeness (QED) is 0.507. The van der Waals surface area contributed by atoms with E-state index in [-0.39, 0.29) is 5.97 Å². The van der Waals surface area contributed by atoms with Gasteiger partial charge in [0.2, 0.25) is 0 Å². The standard InChI is InChI=1S/C16H31NO3/c1-5-14-8-6-10-17(14)11-7-12-19-13-9-15(18)20-16(2,3)4/h14H,5-13H2,1-4H3/t14-/m1/s1. The topological polar surface area (TPSA) is 38.8 Å². The minimum atomic E-state index is -0.401. The lowest BCUT2D eigenvalue weighted by Crippen LogP contribution is -2.30. The van der Waals surface area contributed by atoms with E-state index in [1.807, 2.05) is 20.8 Å². The Morgan fingerprint density at radius 3 is 2.70 bits per heavy atom. The molecule has 1 rings (SSSR count). The van der Waals surface area contributed by atoms with Crippen LogP contribution in [0.15, 0.2) is 0 Å². The zero-order valence-electron chi connectivity index (χ0n) is 13.6. The van der Waals surface area contributed by atoms with Gasteiger partial charge in [0.1, 0.15) is 5.60 Å². The molecule has 0 aromatic rings. The van der Waals surface area contributed by atoms with Gasteiger partial charge in [-0.25, -0.2) is 0 Å². The molecule has 0 saturated carbocycles. The molecule has 0 unspecified atom stereocenters. The van der Waals surface area contributed by atoms with Crippen LogP contribution in [-0.2, 0) is 14.3 Å². The fourth-order valence-corrected chi connectivity index (χ4v) is 2.67. The van der Waals surface area contributed by atoms with Gasteiger partial charge in [0.25, 0.3) is 0 Å². The first-order chi connectivity index (χ1) is 9.42. The summed E-state index contributed by atoms with van der Waals surface area (Å²) in [4.78, 5) is 14.0. The molecule has 1 atom stereocenters. The average molecular weight is 285 g/mol. The molecule has 1 saturated heterocycles. The summed E-state index contributed by atoms with van der Waals surface area (Å²) in [5.41, 5.74) is -0.401. The van der Waals surface area contributed by atoms with Gasteiger partial charge in [-0.3, -0.25) is 4.79 Å². The maximum absolute atomic E-state index is 11.5. The normalized spacial score (nSPS) is 20.3. The molecule has 1 aliphatic rings. The van der Waals surface area contributed by atoms with Crippen LogP contribution in [0, 0.1) is 0 Å². The third-order valence-electron chi connectivity index (χ3n) is 3.57. The third kappa shape index (κ3) is 7.25. The van der Waals surface area contributed by atoms with Crippen LogP contribution in [0.3, 0.4) is 0 Å². The smallest absolute Gasteiger partial charge is 0.308 e. The van der Waals surface area contributed by atoms with Gasteiger partial charge in [-0.15, -0.1) is 0 Å². The molecule has 0 radical (unpaired) electrons. The van der Waals surface area contributed by atoms with Crippen LogP contribution in [0.1, 0.15) is 59.8 Å². The number of carbonyl (C=O) groups is 1. The fraction of sp³-hybridized carbons (Fsp3) is 0.938. The second kappa shape index (κ2) is 8.63. The van der Waals surface area contributed by atoms with Crippen LogP contribution >= 0.6 is 0 Å². The molecule has 0 amide bonds. The number of nitrogens with zero attached hydrogens (tertiary/aromatic N) is 1. The summed E-state index contributed by atoms with van der Waals surface area (Å²) in [7, 11) is 0. The maximum Gasteiger partial charge on any atom is 0.308 e. The van der Waals surface area contributed by atoms with E-state index in [1.54, 1.807) is 0 Å². The summed E-state index contributed by atoms with van der Waals surface area (Å²) in [5, 5.41) is 0. The fourth-order valence-electron chi connectivity index (χ4n) is 2.67. The van der Waals surface area contributed by atoms with E-state index in [0.29, 0.717) is 13.0 Å². The molecule has 0 N–H and O–H groups in total. The van der Waals surface area contributed by atoms with Crippen molar-refractivity contribution in [2.75, 3.05) is 26.3 Å². The van der Waals surface area contributed by atoms with Crippen molar-refractivity contribution in [3.05, 3.63) is 0 Å². The second-order valence-electron chi connectivity index (χ2n) is 6.54. The van der Waals surface area contributed by atoms with Crippen molar-refractivity contribution in [3.8, 4) is 0 Å². The Kier molecular flexibility index (Phi) is 7.52. The maximum atomic E-state index is 11.5. The largest absolute Gasteiger partial charge is 0.460 e. The number of likely N-dealkylation sites (tertiary alicyclic amines) is 1. The Hall–Kier alpha value is -0.610. The Balaban J connectivity index is 1.98. The van der Waals surface area contributed by atoms with Gasteiger partial charge in [0.05, 0.1) is 13.0 Å². The van der Waals surface area contributed by atoms with E-state index >= 15 is 0 Å². The summed E-state index contributed by atoms with van der Waals surface area (Å²) >= 11 is 0. The lowest BCUT2D eigenvalue weighted by atomic mass is 10.2. The van der Waals surface area contributed by atoms with Crippen molar-refractivity contribution in [2.24, 2.45) is 0 Å². The van der Waals surface area contributed by atoms with Crippen molar-refractivity contribution >= 4 is 5.97 Å². The Bertz CT molecular complexity index is 286. The first kappa shape index (κ1) is 17.4. The number of esters is 1. The second-order valence-corrected chi connectivity index (χ2v) is 6.54. The van der Waals surface area contributed by atoms with Crippen molar-refractivity contribution in [3.63, 3.8) is 0 Å². The molecule has 0 aromatic carbocycles. The molecule has 118 valence electrons. The zero-order chi connectivity index (χ0) is 15.0. The SMILES string of the molecule is CC[C@@H]1CCCN1CCCOCCC(=O)OC(C)(C)C. The van der Waals surface area contributed by atoms with Crippen LogP contribution in [0.2, 0.25) is 0 Å². The predicted molar refractivity (Wildman–Crippen MR) is 80.8 cm³/mol. The van der Waals surface area contributed by atoms with Gasteiger partial charge in [-0.1, -0.05) is 6.92 Å². The average Bonchev–Trinajstić information content (AvgIpc) is 2.78. The van der Waals surface area contributed by atoms with E-state index in [1.165, 1.54) is 25.8 Å². The summed E-state index contributed by atoms with van der Waals surface area (Å²) in [6.07, 6.45) is 5.32. The van der Waals surface area contributed by atoms with Crippen molar-refractivity contribution in [1.82, 2.24) is 4.90 Å². The van der Waals surface area contributed by atoms with E-state index in [4.69, 9.17) is 9.47 Å². The van der Waals surface area contributed by atoms with Gasteiger partial charge in [0, 0.05) is 19.2 Å². The number of rotatable bonds is 8. The van der Waals surface area contributed by atoms with Crippen LogP contribution in [-0.4, -0.2) is 48.8 Å². The van der Waals surface area contributed by atoms with E-state index in [9.17, 15) is 4.79 Å². The van der Waals surface area contributed by atoms with Gasteiger partial charge < -0.3 is 14.4 Å². The molecule has 0 spiro atoms. The zero-order valence-corrected chi connectivity index (χ0v) is 13.6. The molecule has 1 heterocycles. The molecule has 4 nitrogen and oxygen atoms in total. The third-order valence-corrected chi connectivity index (χ3v) is 3.57. The summed E-state index contributed by atoms with van der Waals surface area (Å²) in [6.45, 7) is 11.5. The summed E-state index contributed by atoms with van der Waals surface area (Å²) < 4.78 is 10.7. The summed E-state index contributed by atoms with van der Waals surface area (Å²) in [6, 6.07) is 0.775. The monoisotopic (exact) mass is 285 g/mol. The van der Waals surface area contributed by atoms with Crippen molar-refractivity contribution in [2.45, 2.75) is 71.4 Å². The highest BCUT2D eigenvalue weighted by atomic mass is 16.6. The Labute approximate surface area is 123 Å². The first-order valence-corrected chi connectivity index (χ1v) is 7.96. The van der Waals surface area contributed by atoms with Gasteiger partial charge in [-0.05, 0) is 53.0 Å².